The summed E-state index contributed by atoms with van der Waals surface area (Å²) < 4.78 is 10.4. The third kappa shape index (κ3) is 6.64. The first kappa shape index (κ1) is 20.8. The normalized spacial score (nSPS) is 11.2. The minimum Gasteiger partial charge on any atom is -0.497 e. The lowest BCUT2D eigenvalue weighted by atomic mass is 10.0. The van der Waals surface area contributed by atoms with Crippen LogP contribution in [-0.4, -0.2) is 37.5 Å². The van der Waals surface area contributed by atoms with Crippen LogP contribution in [0.1, 0.15) is 12.5 Å². The second kappa shape index (κ2) is 9.96. The highest BCUT2D eigenvalue weighted by Crippen LogP contribution is 2.17. The molecule has 1 unspecified atom stereocenters. The predicted molar refractivity (Wildman–Crippen MR) is 104 cm³/mol. The number of primary amides is 1. The number of rotatable bonds is 9. The van der Waals surface area contributed by atoms with Crippen LogP contribution in [0, 0.1) is 0 Å². The van der Waals surface area contributed by atoms with E-state index in [-0.39, 0.29) is 18.4 Å². The van der Waals surface area contributed by atoms with E-state index in [9.17, 15) is 14.4 Å². The van der Waals surface area contributed by atoms with E-state index < -0.39 is 11.9 Å². The van der Waals surface area contributed by atoms with Crippen LogP contribution in [0.5, 0.6) is 11.5 Å². The third-order valence-electron chi connectivity index (χ3n) is 3.77. The van der Waals surface area contributed by atoms with Gasteiger partial charge in [-0.1, -0.05) is 12.1 Å². The number of amides is 3. The van der Waals surface area contributed by atoms with E-state index in [4.69, 9.17) is 15.2 Å². The summed E-state index contributed by atoms with van der Waals surface area (Å²) in [5.41, 5.74) is 6.40. The van der Waals surface area contributed by atoms with Crippen LogP contribution < -0.4 is 25.8 Å². The molecule has 3 amide bonds. The van der Waals surface area contributed by atoms with Gasteiger partial charge in [0.25, 0.3) is 5.91 Å². The fourth-order valence-corrected chi connectivity index (χ4v) is 2.51. The minimum absolute atomic E-state index is 0.225. The second-order valence-electron chi connectivity index (χ2n) is 6.08. The van der Waals surface area contributed by atoms with Crippen molar-refractivity contribution in [1.29, 1.82) is 0 Å². The van der Waals surface area contributed by atoms with Gasteiger partial charge in [-0.2, -0.15) is 0 Å². The number of nitrogens with two attached hydrogens (primary N) is 1. The van der Waals surface area contributed by atoms with Crippen LogP contribution >= 0.6 is 0 Å². The number of hydrogen-bond donors (Lipinski definition) is 3. The van der Waals surface area contributed by atoms with Gasteiger partial charge >= 0.3 is 0 Å². The van der Waals surface area contributed by atoms with E-state index in [1.54, 1.807) is 37.4 Å². The average Bonchev–Trinajstić information content (AvgIpc) is 2.66. The Labute approximate surface area is 163 Å². The van der Waals surface area contributed by atoms with Gasteiger partial charge in [-0.05, 0) is 42.0 Å². The van der Waals surface area contributed by atoms with Crippen LogP contribution in [0.15, 0.2) is 48.5 Å². The zero-order valence-corrected chi connectivity index (χ0v) is 15.7. The van der Waals surface area contributed by atoms with Gasteiger partial charge in [0.15, 0.2) is 6.61 Å². The van der Waals surface area contributed by atoms with Crippen molar-refractivity contribution in [3.63, 3.8) is 0 Å². The molecular formula is C20H23N3O5. The fourth-order valence-electron chi connectivity index (χ4n) is 2.51. The molecule has 0 spiro atoms. The molecule has 2 aromatic rings. The van der Waals surface area contributed by atoms with Gasteiger partial charge in [0.05, 0.1) is 7.11 Å². The Balaban J connectivity index is 2.05. The van der Waals surface area contributed by atoms with E-state index >= 15 is 0 Å². The van der Waals surface area contributed by atoms with Crippen molar-refractivity contribution in [2.75, 3.05) is 19.0 Å². The summed E-state index contributed by atoms with van der Waals surface area (Å²) in [6, 6.07) is 13.0. The predicted octanol–water partition coefficient (Wildman–Crippen LogP) is 1.25. The van der Waals surface area contributed by atoms with Gasteiger partial charge in [0.1, 0.15) is 17.5 Å². The lowest BCUT2D eigenvalue weighted by Crippen LogP contribution is -2.44. The Morgan fingerprint density at radius 1 is 1.07 bits per heavy atom. The van der Waals surface area contributed by atoms with E-state index in [0.29, 0.717) is 23.6 Å². The highest BCUT2D eigenvalue weighted by Gasteiger charge is 2.20. The summed E-state index contributed by atoms with van der Waals surface area (Å²) in [4.78, 5) is 34.9. The number of benzene rings is 2. The van der Waals surface area contributed by atoms with Crippen LogP contribution in [0.3, 0.4) is 0 Å². The van der Waals surface area contributed by atoms with Crippen LogP contribution in [-0.2, 0) is 20.8 Å². The molecule has 0 aliphatic carbocycles. The van der Waals surface area contributed by atoms with Gasteiger partial charge in [0, 0.05) is 19.0 Å². The quantitative estimate of drug-likeness (QED) is 0.600. The van der Waals surface area contributed by atoms with Gasteiger partial charge in [0.2, 0.25) is 11.8 Å². The van der Waals surface area contributed by atoms with Gasteiger partial charge in [-0.3, -0.25) is 14.4 Å². The van der Waals surface area contributed by atoms with Crippen LogP contribution in [0.2, 0.25) is 0 Å². The number of nitrogens with one attached hydrogen (secondary N) is 2. The first-order valence-electron chi connectivity index (χ1n) is 8.59. The molecule has 0 aromatic heterocycles. The molecule has 2 rings (SSSR count). The minimum atomic E-state index is -0.754. The first-order chi connectivity index (χ1) is 13.4. The number of hydrogen-bond acceptors (Lipinski definition) is 5. The zero-order valence-electron chi connectivity index (χ0n) is 15.7. The topological polar surface area (TPSA) is 120 Å². The Morgan fingerprint density at radius 2 is 1.79 bits per heavy atom. The fraction of sp³-hybridized carbons (Fsp3) is 0.250. The summed E-state index contributed by atoms with van der Waals surface area (Å²) in [5.74, 6) is -0.118. The Hall–Kier alpha value is -3.55. The molecule has 0 radical (unpaired) electrons. The molecule has 0 fully saturated rings. The van der Waals surface area contributed by atoms with Crippen molar-refractivity contribution in [3.8, 4) is 11.5 Å². The van der Waals surface area contributed by atoms with Crippen molar-refractivity contribution < 1.29 is 23.9 Å². The molecule has 8 nitrogen and oxygen atoms in total. The smallest absolute Gasteiger partial charge is 0.255 e. The molecule has 2 aromatic carbocycles. The number of ether oxygens (including phenoxy) is 2. The standard InChI is InChI=1S/C20H23N3O5/c1-13(24)22-18(11-14-4-3-5-17(10-14)27-2)20(26)23-15-6-8-16(9-7-15)28-12-19(21)25/h3-10,18H,11-12H2,1-2H3,(H2,21,25)(H,22,24)(H,23,26). The monoisotopic (exact) mass is 385 g/mol. The highest BCUT2D eigenvalue weighted by molar-refractivity contribution is 5.97. The van der Waals surface area contributed by atoms with Gasteiger partial charge < -0.3 is 25.8 Å². The Kier molecular flexibility index (Phi) is 7.38. The molecule has 0 aliphatic rings. The zero-order chi connectivity index (χ0) is 20.5. The third-order valence-corrected chi connectivity index (χ3v) is 3.77. The van der Waals surface area contributed by atoms with E-state index in [1.807, 2.05) is 18.2 Å². The Morgan fingerprint density at radius 3 is 2.39 bits per heavy atom. The number of carbonyl (C=O) groups is 3. The summed E-state index contributed by atoms with van der Waals surface area (Å²) in [5, 5.41) is 5.42. The summed E-state index contributed by atoms with van der Waals surface area (Å²) >= 11 is 0. The van der Waals surface area contributed by atoms with Crippen molar-refractivity contribution in [2.45, 2.75) is 19.4 Å². The first-order valence-corrected chi connectivity index (χ1v) is 8.59. The number of anilines is 1. The van der Waals surface area contributed by atoms with Gasteiger partial charge in [-0.15, -0.1) is 0 Å². The number of methoxy groups -OCH3 is 1. The molecule has 4 N–H and O–H groups in total. The average molecular weight is 385 g/mol. The number of carbonyl (C=O) groups excluding carboxylic acids is 3. The Bertz CT molecular complexity index is 836. The molecule has 28 heavy (non-hydrogen) atoms. The van der Waals surface area contributed by atoms with E-state index in [1.165, 1.54) is 6.92 Å². The molecule has 1 atom stereocenters. The largest absolute Gasteiger partial charge is 0.497 e. The molecule has 148 valence electrons. The van der Waals surface area contributed by atoms with Crippen LogP contribution in [0.25, 0.3) is 0 Å². The van der Waals surface area contributed by atoms with Crippen molar-refractivity contribution >= 4 is 23.4 Å². The summed E-state index contributed by atoms with van der Waals surface area (Å²) in [6.07, 6.45) is 0.308. The lowest BCUT2D eigenvalue weighted by Gasteiger charge is -2.18. The summed E-state index contributed by atoms with van der Waals surface area (Å²) in [7, 11) is 1.56. The molecule has 8 heteroatoms. The molecule has 0 aliphatic heterocycles. The van der Waals surface area contributed by atoms with E-state index in [2.05, 4.69) is 10.6 Å². The maximum absolute atomic E-state index is 12.7. The SMILES string of the molecule is COc1cccc(CC(NC(C)=O)C(=O)Nc2ccc(OCC(N)=O)cc2)c1. The maximum Gasteiger partial charge on any atom is 0.255 e. The molecule has 0 bridgehead atoms. The van der Waals surface area contributed by atoms with Gasteiger partial charge in [-0.25, -0.2) is 0 Å². The van der Waals surface area contributed by atoms with Crippen molar-refractivity contribution in [1.82, 2.24) is 5.32 Å². The van der Waals surface area contributed by atoms with E-state index in [0.717, 1.165) is 5.56 Å². The van der Waals surface area contributed by atoms with Crippen LogP contribution in [0.4, 0.5) is 5.69 Å². The van der Waals surface area contributed by atoms with Crippen molar-refractivity contribution in [2.24, 2.45) is 5.73 Å². The maximum atomic E-state index is 12.7. The molecule has 0 heterocycles. The molecule has 0 saturated carbocycles. The van der Waals surface area contributed by atoms with Crippen molar-refractivity contribution in [3.05, 3.63) is 54.1 Å². The second-order valence-corrected chi connectivity index (χ2v) is 6.08. The lowest BCUT2D eigenvalue weighted by molar-refractivity contribution is -0.125. The summed E-state index contributed by atoms with van der Waals surface area (Å²) in [6.45, 7) is 1.13. The highest BCUT2D eigenvalue weighted by atomic mass is 16.5. The molecular weight excluding hydrogens is 362 g/mol. The molecule has 0 saturated heterocycles.